The lowest BCUT2D eigenvalue weighted by Crippen LogP contribution is -2.26. The van der Waals surface area contributed by atoms with Gasteiger partial charge in [-0.1, -0.05) is 323 Å². The number of hydrogen-bond donors (Lipinski definition) is 0. The van der Waals surface area contributed by atoms with Gasteiger partial charge in [0.1, 0.15) is 0 Å². The Labute approximate surface area is 533 Å². The molecule has 8 aromatic carbocycles. The van der Waals surface area contributed by atoms with Crippen molar-refractivity contribution in [2.75, 3.05) is 26.4 Å². The molecule has 0 radical (unpaired) electrons. The Bertz CT molecular complexity index is 3090. The third-order valence-corrected chi connectivity index (χ3v) is 19.2. The average molecular weight is 1170 g/mol. The van der Waals surface area contributed by atoms with Gasteiger partial charge in [0.05, 0.1) is 13.2 Å². The molecule has 0 atom stereocenters. The van der Waals surface area contributed by atoms with E-state index in [1.54, 1.807) is 11.1 Å². The second-order valence-electron chi connectivity index (χ2n) is 25.7. The summed E-state index contributed by atoms with van der Waals surface area (Å²) in [7, 11) is 0. The summed E-state index contributed by atoms with van der Waals surface area (Å²) in [5.74, 6) is 0. The van der Waals surface area contributed by atoms with E-state index in [1.165, 1.54) is 193 Å². The fourth-order valence-electron chi connectivity index (χ4n) is 14.6. The van der Waals surface area contributed by atoms with Gasteiger partial charge in [0.2, 0.25) is 0 Å². The third kappa shape index (κ3) is 18.2. The fourth-order valence-corrected chi connectivity index (χ4v) is 14.6. The van der Waals surface area contributed by atoms with Crippen LogP contribution in [0, 0.1) is 0 Å². The number of unbranched alkanes of at least 4 members (excludes halogenated alkanes) is 14. The normalized spacial score (nSPS) is 13.0. The van der Waals surface area contributed by atoms with Gasteiger partial charge in [0, 0.05) is 24.0 Å². The van der Waals surface area contributed by atoms with Crippen molar-refractivity contribution in [3.8, 4) is 22.3 Å². The minimum absolute atomic E-state index is 0.00795. The molecule has 0 aromatic heterocycles. The molecule has 2 nitrogen and oxygen atoms in total. The molecule has 0 unspecified atom stereocenters. The minimum Gasteiger partial charge on any atom is -0.377 e. The first-order valence-corrected chi connectivity index (χ1v) is 34.5. The highest BCUT2D eigenvalue weighted by atomic mass is 16.5. The Morgan fingerprint density at radius 2 is 0.534 bits per heavy atom. The molecular weight excluding hydrogens is 1060 g/mol. The topological polar surface area (TPSA) is 18.5 Å². The number of rotatable bonds is 38. The predicted molar refractivity (Wildman–Crippen MR) is 377 cm³/mol. The Morgan fingerprint density at radius 3 is 0.795 bits per heavy atom. The van der Waals surface area contributed by atoms with Crippen LogP contribution >= 0.6 is 0 Å². The van der Waals surface area contributed by atoms with Crippen molar-refractivity contribution in [3.05, 3.63) is 286 Å². The van der Waals surface area contributed by atoms with Crippen molar-refractivity contribution in [1.29, 1.82) is 0 Å². The second kappa shape index (κ2) is 35.4. The van der Waals surface area contributed by atoms with E-state index < -0.39 is 0 Å². The SMILES string of the molecule is C=CCOCCCCCC1(CCCCCOCC=C)c2cc(Cc3ccccc3)ccc2-c2ccc(Cc3ccccc3)cc21.CCCCCCCCC1(CCCCCCCC)c2cc(Cc3ccccc3)ccc2-c2ccc(Cc3ccccc3)cc21. The van der Waals surface area contributed by atoms with Crippen LogP contribution in [0.5, 0.6) is 0 Å². The van der Waals surface area contributed by atoms with Gasteiger partial charge in [-0.3, -0.25) is 0 Å². The molecule has 0 heterocycles. The van der Waals surface area contributed by atoms with Crippen LogP contribution in [0.1, 0.15) is 222 Å². The van der Waals surface area contributed by atoms with Gasteiger partial charge in [0.15, 0.2) is 0 Å². The van der Waals surface area contributed by atoms with Crippen molar-refractivity contribution >= 4 is 0 Å². The van der Waals surface area contributed by atoms with Gasteiger partial charge in [-0.2, -0.15) is 0 Å². The summed E-state index contributed by atoms with van der Waals surface area (Å²) in [6.45, 7) is 15.1. The Balaban J connectivity index is 0.000000210. The quantitative estimate of drug-likeness (QED) is 0.0284. The highest BCUT2D eigenvalue weighted by Crippen LogP contribution is 2.56. The maximum atomic E-state index is 5.72. The van der Waals surface area contributed by atoms with E-state index >= 15 is 0 Å². The highest BCUT2D eigenvalue weighted by Gasteiger charge is 2.44. The van der Waals surface area contributed by atoms with Crippen molar-refractivity contribution < 1.29 is 9.47 Å². The number of ether oxygens (including phenoxy) is 2. The van der Waals surface area contributed by atoms with Crippen LogP contribution in [-0.4, -0.2) is 26.4 Å². The second-order valence-corrected chi connectivity index (χ2v) is 25.7. The fraction of sp³-hybridized carbons (Fsp3) is 0.395. The lowest BCUT2D eigenvalue weighted by Gasteiger charge is -2.33. The van der Waals surface area contributed by atoms with E-state index in [4.69, 9.17) is 9.47 Å². The molecule has 0 saturated heterocycles. The van der Waals surface area contributed by atoms with E-state index in [-0.39, 0.29) is 10.8 Å². The van der Waals surface area contributed by atoms with Gasteiger partial charge in [-0.05, 0) is 153 Å². The van der Waals surface area contributed by atoms with Crippen LogP contribution in [0.3, 0.4) is 0 Å². The van der Waals surface area contributed by atoms with Crippen LogP contribution in [0.25, 0.3) is 22.3 Å². The molecule has 2 heteroatoms. The van der Waals surface area contributed by atoms with E-state index in [0.717, 1.165) is 64.6 Å². The molecular formula is C86H104O2. The molecule has 0 saturated carbocycles. The van der Waals surface area contributed by atoms with E-state index in [1.807, 2.05) is 12.2 Å². The first-order chi connectivity index (χ1) is 43.5. The molecule has 0 fully saturated rings. The maximum absolute atomic E-state index is 5.72. The molecule has 8 aromatic rings. The summed E-state index contributed by atoms with van der Waals surface area (Å²) in [5, 5.41) is 0. The van der Waals surface area contributed by atoms with Gasteiger partial charge >= 0.3 is 0 Å². The third-order valence-electron chi connectivity index (χ3n) is 19.2. The van der Waals surface area contributed by atoms with E-state index in [0.29, 0.717) is 13.2 Å². The summed E-state index contributed by atoms with van der Waals surface area (Å²) in [6, 6.07) is 73.5. The molecule has 0 bridgehead atoms. The summed E-state index contributed by atoms with van der Waals surface area (Å²) in [4.78, 5) is 0. The van der Waals surface area contributed by atoms with Crippen LogP contribution in [0.4, 0.5) is 0 Å². The summed E-state index contributed by atoms with van der Waals surface area (Å²) < 4.78 is 11.4. The predicted octanol–water partition coefficient (Wildman–Crippen LogP) is 23.3. The monoisotopic (exact) mass is 1170 g/mol. The smallest absolute Gasteiger partial charge is 0.0644 e. The largest absolute Gasteiger partial charge is 0.377 e. The van der Waals surface area contributed by atoms with E-state index in [9.17, 15) is 0 Å². The number of benzene rings is 8. The van der Waals surface area contributed by atoms with Crippen molar-refractivity contribution in [2.45, 2.75) is 192 Å². The summed E-state index contributed by atoms with van der Waals surface area (Å²) >= 11 is 0. The van der Waals surface area contributed by atoms with Gasteiger partial charge in [-0.15, -0.1) is 13.2 Å². The van der Waals surface area contributed by atoms with Gasteiger partial charge in [-0.25, -0.2) is 0 Å². The zero-order valence-corrected chi connectivity index (χ0v) is 54.1. The first kappa shape index (κ1) is 65.6. The Morgan fingerprint density at radius 1 is 0.284 bits per heavy atom. The lowest BCUT2D eigenvalue weighted by atomic mass is 9.70. The van der Waals surface area contributed by atoms with Gasteiger partial charge < -0.3 is 9.47 Å². The van der Waals surface area contributed by atoms with Crippen LogP contribution in [0.15, 0.2) is 219 Å². The summed E-state index contributed by atoms with van der Waals surface area (Å²) in [5.41, 5.74) is 23.5. The zero-order chi connectivity index (χ0) is 60.9. The number of hydrogen-bond acceptors (Lipinski definition) is 2. The molecule has 10 rings (SSSR count). The van der Waals surface area contributed by atoms with Crippen molar-refractivity contribution in [1.82, 2.24) is 0 Å². The molecule has 2 aliphatic carbocycles. The molecule has 0 amide bonds. The Hall–Kier alpha value is -6.84. The van der Waals surface area contributed by atoms with Crippen LogP contribution in [-0.2, 0) is 46.0 Å². The highest BCUT2D eigenvalue weighted by molar-refractivity contribution is 5.83. The maximum Gasteiger partial charge on any atom is 0.0644 e. The lowest BCUT2D eigenvalue weighted by molar-refractivity contribution is 0.155. The zero-order valence-electron chi connectivity index (χ0n) is 54.1. The van der Waals surface area contributed by atoms with Crippen molar-refractivity contribution in [2.24, 2.45) is 0 Å². The standard InChI is InChI=1S/C43H50O2.C43H54/c1-3-27-44-29-15-7-13-25-43(26-14-8-16-30-45-28-4-2)41-33-37(31-35-17-9-5-10-18-35)21-23-39(41)40-24-22-38(34-42(40)43)32-36-19-11-6-12-20-36;1-3-5-7-9-11-19-29-43(30-20-12-10-8-6-4-2)41-33-37(31-35-21-15-13-16-22-35)25-27-39(41)40-28-26-38(34-42(40)43)32-36-23-17-14-18-24-36/h3-6,9-12,17-24,33-34H,1-2,7-8,13-16,25-32H2;13-18,21-28,33-34H,3-12,19-20,29-32H2,1-2H3. The average Bonchev–Trinajstić information content (AvgIpc) is 1.76. The van der Waals surface area contributed by atoms with Gasteiger partial charge in [0.25, 0.3) is 0 Å². The molecule has 0 spiro atoms. The molecule has 88 heavy (non-hydrogen) atoms. The first-order valence-electron chi connectivity index (χ1n) is 34.5. The summed E-state index contributed by atoms with van der Waals surface area (Å²) in [6.07, 6.45) is 35.6. The molecule has 0 aliphatic heterocycles. The minimum atomic E-state index is 0.00795. The molecule has 0 N–H and O–H groups in total. The molecule has 460 valence electrons. The van der Waals surface area contributed by atoms with E-state index in [2.05, 4.69) is 221 Å². The Kier molecular flexibility index (Phi) is 26.4. The number of fused-ring (bicyclic) bond motifs is 6. The van der Waals surface area contributed by atoms with Crippen LogP contribution < -0.4 is 0 Å². The van der Waals surface area contributed by atoms with Crippen LogP contribution in [0.2, 0.25) is 0 Å². The van der Waals surface area contributed by atoms with Crippen molar-refractivity contribution in [3.63, 3.8) is 0 Å². The molecule has 2 aliphatic rings.